The number of anilines is 1. The molecule has 0 bridgehead atoms. The number of rotatable bonds is 4. The highest BCUT2D eigenvalue weighted by molar-refractivity contribution is 7.89. The first-order chi connectivity index (χ1) is 14.0. The normalized spacial score (nSPS) is 20.7. The highest BCUT2D eigenvalue weighted by Crippen LogP contribution is 2.30. The van der Waals surface area contributed by atoms with Gasteiger partial charge in [-0.1, -0.05) is 6.07 Å². The van der Waals surface area contributed by atoms with Crippen LogP contribution < -0.4 is 5.32 Å². The Hall–Kier alpha value is -2.43. The summed E-state index contributed by atoms with van der Waals surface area (Å²) in [6.07, 6.45) is -5.01. The number of hydrogen-bond acceptors (Lipinski definition) is 4. The van der Waals surface area contributed by atoms with Gasteiger partial charge in [0, 0.05) is 24.3 Å². The van der Waals surface area contributed by atoms with Crippen LogP contribution in [-0.2, 0) is 20.9 Å². The number of amides is 1. The molecule has 0 radical (unpaired) electrons. The number of hydrogen-bond donors (Lipinski definition) is 1. The van der Waals surface area contributed by atoms with Crippen LogP contribution in [0.1, 0.15) is 29.8 Å². The lowest BCUT2D eigenvalue weighted by Gasteiger charge is -2.34. The predicted molar refractivity (Wildman–Crippen MR) is 105 cm³/mol. The number of carbonyl (C=O) groups excluding carboxylic acids is 1. The molecule has 162 valence electrons. The molecule has 2 aromatic carbocycles. The molecule has 30 heavy (non-hydrogen) atoms. The molecule has 2 unspecified atom stereocenters. The van der Waals surface area contributed by atoms with Crippen LogP contribution in [0, 0.1) is 0 Å². The molecule has 0 spiro atoms. The van der Waals surface area contributed by atoms with Crippen LogP contribution in [0.25, 0.3) is 0 Å². The van der Waals surface area contributed by atoms with Crippen LogP contribution in [-0.4, -0.2) is 43.9 Å². The van der Waals surface area contributed by atoms with Crippen molar-refractivity contribution in [3.63, 3.8) is 0 Å². The van der Waals surface area contributed by atoms with Gasteiger partial charge < -0.3 is 10.1 Å². The first-order valence-corrected chi connectivity index (χ1v) is 10.6. The van der Waals surface area contributed by atoms with E-state index >= 15 is 0 Å². The summed E-state index contributed by atoms with van der Waals surface area (Å²) in [4.78, 5) is 12.3. The Morgan fingerprint density at radius 3 is 2.23 bits per heavy atom. The molecule has 1 saturated heterocycles. The monoisotopic (exact) mass is 442 g/mol. The Labute approximate surface area is 172 Å². The number of benzene rings is 2. The maximum Gasteiger partial charge on any atom is 0.416 e. The van der Waals surface area contributed by atoms with Gasteiger partial charge >= 0.3 is 6.18 Å². The lowest BCUT2D eigenvalue weighted by molar-refractivity contribution is -0.137. The average molecular weight is 442 g/mol. The fraction of sp³-hybridized carbons (Fsp3) is 0.350. The number of halogens is 3. The maximum atomic E-state index is 12.8. The number of nitrogens with one attached hydrogen (secondary N) is 1. The van der Waals surface area contributed by atoms with Crippen molar-refractivity contribution in [1.29, 1.82) is 0 Å². The summed E-state index contributed by atoms with van der Waals surface area (Å²) >= 11 is 0. The smallest absolute Gasteiger partial charge is 0.373 e. The summed E-state index contributed by atoms with van der Waals surface area (Å²) in [7, 11) is -3.73. The molecule has 0 aliphatic carbocycles. The zero-order chi connectivity index (χ0) is 22.1. The summed E-state index contributed by atoms with van der Waals surface area (Å²) in [5, 5.41) is 2.47. The van der Waals surface area contributed by atoms with E-state index in [1.807, 2.05) is 0 Å². The van der Waals surface area contributed by atoms with Crippen LogP contribution in [0.5, 0.6) is 0 Å². The fourth-order valence-corrected chi connectivity index (χ4v) is 4.82. The minimum absolute atomic E-state index is 0.0564. The molecule has 1 aliphatic heterocycles. The number of sulfonamides is 1. The third kappa shape index (κ3) is 5.00. The number of alkyl halides is 3. The van der Waals surface area contributed by atoms with Crippen LogP contribution >= 0.6 is 0 Å². The largest absolute Gasteiger partial charge is 0.416 e. The van der Waals surface area contributed by atoms with E-state index in [1.54, 1.807) is 13.8 Å². The lowest BCUT2D eigenvalue weighted by atomic mass is 10.1. The predicted octanol–water partition coefficient (Wildman–Crippen LogP) is 3.76. The van der Waals surface area contributed by atoms with Gasteiger partial charge in [0.15, 0.2) is 0 Å². The zero-order valence-electron chi connectivity index (χ0n) is 16.3. The number of carbonyl (C=O) groups is 1. The van der Waals surface area contributed by atoms with Crippen molar-refractivity contribution in [2.75, 3.05) is 18.4 Å². The van der Waals surface area contributed by atoms with Gasteiger partial charge in [0.25, 0.3) is 5.91 Å². The molecule has 1 heterocycles. The third-order valence-electron chi connectivity index (χ3n) is 4.59. The second kappa shape index (κ2) is 8.37. The van der Waals surface area contributed by atoms with Gasteiger partial charge in [0.05, 0.1) is 22.7 Å². The van der Waals surface area contributed by atoms with Crippen LogP contribution in [0.3, 0.4) is 0 Å². The van der Waals surface area contributed by atoms with Gasteiger partial charge in [-0.05, 0) is 56.3 Å². The van der Waals surface area contributed by atoms with E-state index < -0.39 is 27.7 Å². The molecule has 6 nitrogen and oxygen atoms in total. The van der Waals surface area contributed by atoms with E-state index in [0.717, 1.165) is 18.2 Å². The summed E-state index contributed by atoms with van der Waals surface area (Å²) in [6.45, 7) is 4.07. The quantitative estimate of drug-likeness (QED) is 0.783. The van der Waals surface area contributed by atoms with Gasteiger partial charge in [-0.3, -0.25) is 4.79 Å². The fourth-order valence-electron chi connectivity index (χ4n) is 3.23. The van der Waals surface area contributed by atoms with Gasteiger partial charge in [-0.2, -0.15) is 17.5 Å². The Bertz CT molecular complexity index is 1010. The standard InChI is InChI=1S/C20H21F3N2O4S/c1-13-11-25(12-14(2)29-13)30(27,28)18-8-6-17(7-9-18)24-19(26)15-4-3-5-16(10-15)20(21,22)23/h3-10,13-14H,11-12H2,1-2H3,(H,24,26). The topological polar surface area (TPSA) is 75.7 Å². The zero-order valence-corrected chi connectivity index (χ0v) is 17.1. The third-order valence-corrected chi connectivity index (χ3v) is 6.43. The lowest BCUT2D eigenvalue weighted by Crippen LogP contribution is -2.48. The molecule has 0 aromatic heterocycles. The molecule has 2 atom stereocenters. The van der Waals surface area contributed by atoms with Crippen LogP contribution in [0.15, 0.2) is 53.4 Å². The Morgan fingerprint density at radius 1 is 1.07 bits per heavy atom. The van der Waals surface area contributed by atoms with Gasteiger partial charge in [-0.25, -0.2) is 8.42 Å². The molecule has 1 fully saturated rings. The summed E-state index contributed by atoms with van der Waals surface area (Å²) in [5.41, 5.74) is -0.816. The van der Waals surface area contributed by atoms with E-state index in [2.05, 4.69) is 5.32 Å². The molecule has 10 heteroatoms. The van der Waals surface area contributed by atoms with Crippen molar-refractivity contribution in [2.45, 2.75) is 37.1 Å². The highest BCUT2D eigenvalue weighted by atomic mass is 32.2. The highest BCUT2D eigenvalue weighted by Gasteiger charge is 2.32. The second-order valence-electron chi connectivity index (χ2n) is 7.14. The number of morpholine rings is 1. The molecule has 3 rings (SSSR count). The van der Waals surface area contributed by atoms with E-state index in [-0.39, 0.29) is 41.4 Å². The minimum Gasteiger partial charge on any atom is -0.373 e. The van der Waals surface area contributed by atoms with Crippen molar-refractivity contribution >= 4 is 21.6 Å². The number of nitrogens with zero attached hydrogens (tertiary/aromatic N) is 1. The first kappa shape index (κ1) is 22.3. The van der Waals surface area contributed by atoms with Gasteiger partial charge in [0.2, 0.25) is 10.0 Å². The second-order valence-corrected chi connectivity index (χ2v) is 9.07. The Balaban J connectivity index is 1.74. The molecule has 1 aliphatic rings. The van der Waals surface area contributed by atoms with Crippen LogP contribution in [0.4, 0.5) is 18.9 Å². The SMILES string of the molecule is CC1CN(S(=O)(=O)c2ccc(NC(=O)c3cccc(C(F)(F)F)c3)cc2)CC(C)O1. The number of ether oxygens (including phenoxy) is 1. The van der Waals surface area contributed by atoms with E-state index in [4.69, 9.17) is 4.74 Å². The molecule has 0 saturated carbocycles. The van der Waals surface area contributed by atoms with Crippen molar-refractivity contribution in [1.82, 2.24) is 4.31 Å². The van der Waals surface area contributed by atoms with Gasteiger partial charge in [0.1, 0.15) is 0 Å². The summed E-state index contributed by atoms with van der Waals surface area (Å²) in [6, 6.07) is 9.54. The van der Waals surface area contributed by atoms with Crippen molar-refractivity contribution in [3.8, 4) is 0 Å². The van der Waals surface area contributed by atoms with Crippen molar-refractivity contribution in [2.24, 2.45) is 0 Å². The van der Waals surface area contributed by atoms with Crippen LogP contribution in [0.2, 0.25) is 0 Å². The Kier molecular flexibility index (Phi) is 6.21. The maximum absolute atomic E-state index is 12.8. The van der Waals surface area contributed by atoms with Crippen molar-refractivity contribution in [3.05, 3.63) is 59.7 Å². The van der Waals surface area contributed by atoms with Gasteiger partial charge in [-0.15, -0.1) is 0 Å². The molecular formula is C20H21F3N2O4S. The molecular weight excluding hydrogens is 421 g/mol. The summed E-state index contributed by atoms with van der Waals surface area (Å²) < 4.78 is 71.0. The first-order valence-electron chi connectivity index (χ1n) is 9.21. The molecule has 1 N–H and O–H groups in total. The minimum atomic E-state index is -4.55. The summed E-state index contributed by atoms with van der Waals surface area (Å²) in [5.74, 6) is -0.729. The van der Waals surface area contributed by atoms with Crippen molar-refractivity contribution < 1.29 is 31.1 Å². The molecule has 1 amide bonds. The Morgan fingerprint density at radius 2 is 1.67 bits per heavy atom. The van der Waals surface area contributed by atoms with E-state index in [0.29, 0.717) is 0 Å². The van der Waals surface area contributed by atoms with E-state index in [9.17, 15) is 26.4 Å². The molecule has 2 aromatic rings. The van der Waals surface area contributed by atoms with E-state index in [1.165, 1.54) is 34.6 Å². The average Bonchev–Trinajstić information content (AvgIpc) is 2.67.